The number of allylic oxidation sites excluding steroid dienone is 2. The molecule has 4 aliphatic rings. The Hall–Kier alpha value is -3.85. The first-order chi connectivity index (χ1) is 24.3. The molecule has 2 saturated carbocycles. The minimum absolute atomic E-state index is 0.0244. The maximum absolute atomic E-state index is 14.2. The zero-order valence-electron chi connectivity index (χ0n) is 29.5. The second-order valence-corrected chi connectivity index (χ2v) is 15.3. The summed E-state index contributed by atoms with van der Waals surface area (Å²) in [4.78, 5) is 32.2. The highest BCUT2D eigenvalue weighted by Crippen LogP contribution is 2.51. The zero-order valence-corrected chi connectivity index (χ0v) is 29.5. The lowest BCUT2D eigenvalue weighted by molar-refractivity contribution is -0.162. The lowest BCUT2D eigenvalue weighted by Gasteiger charge is -2.53. The van der Waals surface area contributed by atoms with Crippen LogP contribution in [0.3, 0.4) is 0 Å². The molecule has 50 heavy (non-hydrogen) atoms. The summed E-state index contributed by atoms with van der Waals surface area (Å²) < 4.78 is 8.63. The van der Waals surface area contributed by atoms with Crippen LogP contribution in [0.5, 0.6) is 0 Å². The maximum Gasteiger partial charge on any atom is 0.258 e. The molecule has 2 aromatic heterocycles. The molecule has 7 rings (SSSR count). The first kappa shape index (κ1) is 34.6. The number of aromatic nitrogens is 2. The molecule has 0 bridgehead atoms. The van der Waals surface area contributed by atoms with Gasteiger partial charge in [-0.1, -0.05) is 99.7 Å². The topological polar surface area (TPSA) is 105 Å². The third-order valence-corrected chi connectivity index (χ3v) is 11.9. The van der Waals surface area contributed by atoms with Gasteiger partial charge in [-0.15, -0.1) is 0 Å². The number of benzene rings is 1. The summed E-state index contributed by atoms with van der Waals surface area (Å²) in [5, 5.41) is 19.0. The van der Waals surface area contributed by atoms with Gasteiger partial charge < -0.3 is 25.0 Å². The van der Waals surface area contributed by atoms with Crippen molar-refractivity contribution in [2.45, 2.75) is 120 Å². The van der Waals surface area contributed by atoms with Gasteiger partial charge in [0, 0.05) is 53.8 Å². The summed E-state index contributed by atoms with van der Waals surface area (Å²) in [5.74, 6) is -0.308. The van der Waals surface area contributed by atoms with Crippen LogP contribution >= 0.6 is 0 Å². The van der Waals surface area contributed by atoms with Crippen molar-refractivity contribution in [3.63, 3.8) is 0 Å². The molecule has 3 aromatic rings. The zero-order chi connectivity index (χ0) is 34.7. The number of pyridine rings is 2. The van der Waals surface area contributed by atoms with E-state index in [1.165, 1.54) is 18.4 Å². The predicted octanol–water partition coefficient (Wildman–Crippen LogP) is 6.70. The molecular weight excluding hydrogens is 624 g/mol. The molecule has 3 heterocycles. The van der Waals surface area contributed by atoms with Crippen LogP contribution in [0.25, 0.3) is 11.1 Å². The molecule has 1 aromatic carbocycles. The van der Waals surface area contributed by atoms with Crippen molar-refractivity contribution in [3.05, 3.63) is 112 Å². The number of hydrogen-bond acceptors (Lipinski definition) is 6. The summed E-state index contributed by atoms with van der Waals surface area (Å²) in [6, 6.07) is 14.9. The third-order valence-electron chi connectivity index (χ3n) is 11.9. The molecular formula is C42H52N4O4. The number of rotatable bonds is 11. The summed E-state index contributed by atoms with van der Waals surface area (Å²) in [6.07, 6.45) is 21.8. The van der Waals surface area contributed by atoms with Crippen molar-refractivity contribution in [1.29, 1.82) is 0 Å². The molecule has 3 aliphatic carbocycles. The van der Waals surface area contributed by atoms with E-state index in [4.69, 9.17) is 4.74 Å². The van der Waals surface area contributed by atoms with E-state index in [-0.39, 0.29) is 40.7 Å². The molecule has 0 radical (unpaired) electrons. The van der Waals surface area contributed by atoms with Crippen LogP contribution in [0.4, 0.5) is 0 Å². The smallest absolute Gasteiger partial charge is 0.258 e. The first-order valence-corrected chi connectivity index (χ1v) is 18.8. The number of nitrogens with zero attached hydrogens (tertiary/aromatic N) is 2. The Labute approximate surface area is 296 Å². The van der Waals surface area contributed by atoms with Crippen LogP contribution in [0, 0.1) is 5.41 Å². The Morgan fingerprint density at radius 3 is 2.60 bits per heavy atom. The Bertz CT molecular complexity index is 1760. The molecule has 8 heteroatoms. The van der Waals surface area contributed by atoms with Crippen LogP contribution in [0.15, 0.2) is 95.7 Å². The molecule has 1 spiro atoms. The lowest BCUT2D eigenvalue weighted by atomic mass is 9.66. The molecule has 3 N–H and O–H groups in total. The average molecular weight is 677 g/mol. The molecule has 1 amide bonds. The van der Waals surface area contributed by atoms with Crippen LogP contribution in [0.2, 0.25) is 0 Å². The van der Waals surface area contributed by atoms with Gasteiger partial charge in [0.1, 0.15) is 0 Å². The number of ether oxygens (including phenoxy) is 1. The van der Waals surface area contributed by atoms with E-state index in [1.54, 1.807) is 35.3 Å². The first-order valence-electron chi connectivity index (χ1n) is 18.8. The van der Waals surface area contributed by atoms with Gasteiger partial charge in [0.25, 0.3) is 11.5 Å². The quantitative estimate of drug-likeness (QED) is 0.209. The largest absolute Gasteiger partial charge is 0.390 e. The van der Waals surface area contributed by atoms with Crippen LogP contribution in [0.1, 0.15) is 100 Å². The highest BCUT2D eigenvalue weighted by Gasteiger charge is 2.53. The number of fused-ring (bicyclic) bond motifs is 1. The van der Waals surface area contributed by atoms with E-state index in [0.717, 1.165) is 56.9 Å². The van der Waals surface area contributed by atoms with Gasteiger partial charge in [-0.2, -0.15) is 0 Å². The van der Waals surface area contributed by atoms with Crippen LogP contribution in [-0.2, 0) is 11.2 Å². The summed E-state index contributed by atoms with van der Waals surface area (Å²) in [6.45, 7) is 4.79. The molecule has 1 saturated heterocycles. The molecule has 1 aliphatic heterocycles. The fourth-order valence-corrected chi connectivity index (χ4v) is 8.89. The second kappa shape index (κ2) is 14.8. The number of nitrogens with one attached hydrogen (secondary N) is 2. The molecule has 264 valence electrons. The van der Waals surface area contributed by atoms with E-state index < -0.39 is 12.1 Å². The average Bonchev–Trinajstić information content (AvgIpc) is 3.84. The SMILES string of the molecule is CCC1=CC2(C)C(NC[C@@H](O)[C@H](Cc3ccccc3)NC(=O)c3cc(-c4cccnc4)c(=O)n(C4CCCC4)c3)CC3(CCCC3)OC2C=C1. The van der Waals surface area contributed by atoms with Crippen molar-refractivity contribution >= 4 is 5.91 Å². The number of carbonyl (C=O) groups excluding carboxylic acids is 1. The Morgan fingerprint density at radius 2 is 1.88 bits per heavy atom. The highest BCUT2D eigenvalue weighted by atomic mass is 16.5. The number of aliphatic hydroxyl groups is 1. The van der Waals surface area contributed by atoms with Crippen molar-refractivity contribution in [2.24, 2.45) is 5.41 Å². The van der Waals surface area contributed by atoms with E-state index in [2.05, 4.69) is 47.7 Å². The summed E-state index contributed by atoms with van der Waals surface area (Å²) in [7, 11) is 0. The van der Waals surface area contributed by atoms with Crippen molar-refractivity contribution < 1.29 is 14.6 Å². The van der Waals surface area contributed by atoms with E-state index in [1.807, 2.05) is 36.4 Å². The lowest BCUT2D eigenvalue weighted by Crippen LogP contribution is -2.62. The molecule has 3 unspecified atom stereocenters. The predicted molar refractivity (Wildman–Crippen MR) is 197 cm³/mol. The minimum atomic E-state index is -0.865. The van der Waals surface area contributed by atoms with Crippen LogP contribution in [-0.4, -0.2) is 57.0 Å². The Morgan fingerprint density at radius 1 is 1.10 bits per heavy atom. The number of aliphatic hydroxyl groups excluding tert-OH is 1. The normalized spacial score (nSPS) is 25.6. The fraction of sp³-hybridized carbons (Fsp3) is 0.500. The van der Waals surface area contributed by atoms with E-state index in [9.17, 15) is 14.7 Å². The summed E-state index contributed by atoms with van der Waals surface area (Å²) >= 11 is 0. The highest BCUT2D eigenvalue weighted by molar-refractivity contribution is 5.95. The van der Waals surface area contributed by atoms with E-state index in [0.29, 0.717) is 29.7 Å². The van der Waals surface area contributed by atoms with Gasteiger partial charge in [-0.3, -0.25) is 14.6 Å². The van der Waals surface area contributed by atoms with Crippen molar-refractivity contribution in [3.8, 4) is 11.1 Å². The molecule has 8 nitrogen and oxygen atoms in total. The Balaban J connectivity index is 1.15. The van der Waals surface area contributed by atoms with Gasteiger partial charge in [-0.25, -0.2) is 0 Å². The maximum atomic E-state index is 14.2. The van der Waals surface area contributed by atoms with Crippen molar-refractivity contribution in [1.82, 2.24) is 20.2 Å². The number of amides is 1. The van der Waals surface area contributed by atoms with Crippen LogP contribution < -0.4 is 16.2 Å². The van der Waals surface area contributed by atoms with E-state index >= 15 is 0 Å². The van der Waals surface area contributed by atoms with Gasteiger partial charge in [0.05, 0.1) is 29.4 Å². The Kier molecular flexibility index (Phi) is 10.2. The molecule has 3 fully saturated rings. The third kappa shape index (κ3) is 7.16. The minimum Gasteiger partial charge on any atom is -0.390 e. The standard InChI is InChI=1S/C42H52N4O4/c1-3-29-17-18-38-41(2,24-29)37(25-42(50-38)19-9-10-20-42)44-27-36(47)35(22-30-12-5-4-6-13-30)45-39(48)32-23-34(31-14-11-21-43-26-31)40(49)46(28-32)33-15-7-8-16-33/h4-6,11-14,17-18,21,23-24,26,28,33,35-38,44,47H,3,7-10,15-16,19-20,22,25,27H2,1-2H3,(H,45,48)/t35-,36+,37?,38?,41?/m0/s1. The number of carbonyl (C=O) groups is 1. The number of hydrogen-bond donors (Lipinski definition) is 3. The monoisotopic (exact) mass is 676 g/mol. The summed E-state index contributed by atoms with van der Waals surface area (Å²) in [5.41, 5.74) is 3.40. The van der Waals surface area contributed by atoms with Gasteiger partial charge in [-0.05, 0) is 62.6 Å². The van der Waals surface area contributed by atoms with Crippen molar-refractivity contribution in [2.75, 3.05) is 6.54 Å². The fourth-order valence-electron chi connectivity index (χ4n) is 8.89. The molecule has 5 atom stereocenters. The second-order valence-electron chi connectivity index (χ2n) is 15.3. The van der Waals surface area contributed by atoms with Gasteiger partial charge in [0.15, 0.2) is 0 Å². The van der Waals surface area contributed by atoms with Gasteiger partial charge >= 0.3 is 0 Å². The van der Waals surface area contributed by atoms with Gasteiger partial charge in [0.2, 0.25) is 0 Å².